The van der Waals surface area contributed by atoms with E-state index in [4.69, 9.17) is 9.47 Å². The first kappa shape index (κ1) is 17.5. The first-order valence-electron chi connectivity index (χ1n) is 7.63. The number of hydrogen-bond donors (Lipinski definition) is 1. The molecule has 0 unspecified atom stereocenters. The number of rotatable bonds is 4. The van der Waals surface area contributed by atoms with E-state index < -0.39 is 20.0 Å². The maximum atomic E-state index is 12.5. The van der Waals surface area contributed by atoms with Crippen molar-refractivity contribution < 1.29 is 26.3 Å². The van der Waals surface area contributed by atoms with E-state index in [0.29, 0.717) is 50.6 Å². The zero-order chi connectivity index (χ0) is 17.4. The predicted molar refractivity (Wildman–Crippen MR) is 87.2 cm³/mol. The number of nitrogens with one attached hydrogen (secondary N) is 1. The second-order valence-corrected chi connectivity index (χ2v) is 9.56. The quantitative estimate of drug-likeness (QED) is 0.803. The highest BCUT2D eigenvalue weighted by atomic mass is 32.2. The summed E-state index contributed by atoms with van der Waals surface area (Å²) < 4.78 is 62.8. The van der Waals surface area contributed by atoms with Crippen LogP contribution in [-0.4, -0.2) is 59.7 Å². The van der Waals surface area contributed by atoms with Gasteiger partial charge in [-0.1, -0.05) is 0 Å². The molecule has 24 heavy (non-hydrogen) atoms. The van der Waals surface area contributed by atoms with Crippen molar-refractivity contribution >= 4 is 20.0 Å². The Morgan fingerprint density at radius 3 is 2.29 bits per heavy atom. The van der Waals surface area contributed by atoms with Crippen molar-refractivity contribution in [2.75, 3.05) is 32.6 Å². The average molecular weight is 376 g/mol. The number of sulfonamides is 2. The molecule has 2 heterocycles. The van der Waals surface area contributed by atoms with Gasteiger partial charge in [0.25, 0.3) is 0 Å². The molecule has 3 rings (SSSR count). The third-order valence-electron chi connectivity index (χ3n) is 4.07. The van der Waals surface area contributed by atoms with Gasteiger partial charge >= 0.3 is 0 Å². The lowest BCUT2D eigenvalue weighted by molar-refractivity contribution is 0.171. The van der Waals surface area contributed by atoms with Gasteiger partial charge in [-0.3, -0.25) is 0 Å². The molecule has 1 fully saturated rings. The number of hydrogen-bond acceptors (Lipinski definition) is 6. The molecule has 2 aliphatic rings. The van der Waals surface area contributed by atoms with E-state index >= 15 is 0 Å². The molecular formula is C14H20N2O6S2. The third kappa shape index (κ3) is 3.82. The molecule has 0 radical (unpaired) electrons. The smallest absolute Gasteiger partial charge is 0.240 e. The van der Waals surface area contributed by atoms with Gasteiger partial charge in [0.05, 0.1) is 11.2 Å². The third-order valence-corrected chi connectivity index (χ3v) is 6.89. The highest BCUT2D eigenvalue weighted by Gasteiger charge is 2.28. The number of fused-ring (bicyclic) bond motifs is 1. The van der Waals surface area contributed by atoms with E-state index in [-0.39, 0.29) is 10.9 Å². The first-order valence-corrected chi connectivity index (χ1v) is 11.0. The van der Waals surface area contributed by atoms with Crippen LogP contribution in [0, 0.1) is 0 Å². The van der Waals surface area contributed by atoms with Crippen LogP contribution in [0.25, 0.3) is 0 Å². The summed E-state index contributed by atoms with van der Waals surface area (Å²) in [7, 11) is -6.93. The molecule has 1 saturated heterocycles. The molecule has 1 aromatic carbocycles. The molecule has 0 aromatic heterocycles. The molecule has 2 aliphatic heterocycles. The van der Waals surface area contributed by atoms with Crippen molar-refractivity contribution in [3.63, 3.8) is 0 Å². The molecular weight excluding hydrogens is 356 g/mol. The lowest BCUT2D eigenvalue weighted by Crippen LogP contribution is -2.46. The molecule has 1 aromatic rings. The van der Waals surface area contributed by atoms with Crippen molar-refractivity contribution in [2.24, 2.45) is 0 Å². The number of nitrogens with zero attached hydrogens (tertiary/aromatic N) is 1. The van der Waals surface area contributed by atoms with E-state index in [1.807, 2.05) is 0 Å². The molecule has 1 N–H and O–H groups in total. The van der Waals surface area contributed by atoms with Crippen LogP contribution in [0.2, 0.25) is 0 Å². The first-order chi connectivity index (χ1) is 11.3. The highest BCUT2D eigenvalue weighted by Crippen LogP contribution is 2.32. The van der Waals surface area contributed by atoms with Crippen molar-refractivity contribution in [3.8, 4) is 11.5 Å². The van der Waals surface area contributed by atoms with Crippen LogP contribution in [-0.2, 0) is 20.0 Å². The maximum Gasteiger partial charge on any atom is 0.240 e. The largest absolute Gasteiger partial charge is 0.486 e. The minimum atomic E-state index is -3.70. The lowest BCUT2D eigenvalue weighted by atomic mass is 10.1. The minimum Gasteiger partial charge on any atom is -0.486 e. The zero-order valence-electron chi connectivity index (χ0n) is 13.3. The minimum absolute atomic E-state index is 0.109. The fraction of sp³-hybridized carbons (Fsp3) is 0.571. The van der Waals surface area contributed by atoms with Gasteiger partial charge in [0.1, 0.15) is 13.2 Å². The van der Waals surface area contributed by atoms with Gasteiger partial charge < -0.3 is 9.47 Å². The van der Waals surface area contributed by atoms with Crippen LogP contribution in [0.3, 0.4) is 0 Å². The fourth-order valence-electron chi connectivity index (χ4n) is 2.78. The van der Waals surface area contributed by atoms with Crippen LogP contribution in [0.5, 0.6) is 11.5 Å². The Hall–Kier alpha value is -1.36. The summed E-state index contributed by atoms with van der Waals surface area (Å²) in [6.45, 7) is 1.45. The fourth-order valence-corrected chi connectivity index (χ4v) is 4.98. The molecule has 10 heteroatoms. The normalized spacial score (nSPS) is 20.0. The Balaban J connectivity index is 1.69. The van der Waals surface area contributed by atoms with Crippen molar-refractivity contribution in [3.05, 3.63) is 18.2 Å². The zero-order valence-corrected chi connectivity index (χ0v) is 14.9. The molecule has 0 saturated carbocycles. The Morgan fingerprint density at radius 2 is 1.67 bits per heavy atom. The topological polar surface area (TPSA) is 102 Å². The Kier molecular flexibility index (Phi) is 4.73. The van der Waals surface area contributed by atoms with E-state index in [0.717, 1.165) is 6.26 Å². The summed E-state index contributed by atoms with van der Waals surface area (Å²) in [6, 6.07) is 4.21. The monoisotopic (exact) mass is 376 g/mol. The average Bonchev–Trinajstić information content (AvgIpc) is 2.53. The molecule has 8 nitrogen and oxygen atoms in total. The summed E-state index contributed by atoms with van der Waals surface area (Å²) in [6.07, 6.45) is 2.04. The van der Waals surface area contributed by atoms with Gasteiger partial charge in [-0.2, -0.15) is 0 Å². The Morgan fingerprint density at radius 1 is 1.04 bits per heavy atom. The van der Waals surface area contributed by atoms with Gasteiger partial charge in [-0.15, -0.1) is 0 Å². The number of ether oxygens (including phenoxy) is 2. The van der Waals surface area contributed by atoms with E-state index in [2.05, 4.69) is 4.72 Å². The number of benzene rings is 1. The molecule has 134 valence electrons. The maximum absolute atomic E-state index is 12.5. The van der Waals surface area contributed by atoms with Crippen LogP contribution in [0.4, 0.5) is 0 Å². The van der Waals surface area contributed by atoms with Crippen molar-refractivity contribution in [1.29, 1.82) is 0 Å². The second-order valence-electron chi connectivity index (χ2n) is 5.86. The summed E-state index contributed by atoms with van der Waals surface area (Å²) in [5.74, 6) is 0.942. The van der Waals surface area contributed by atoms with E-state index in [9.17, 15) is 16.8 Å². The second kappa shape index (κ2) is 6.51. The SMILES string of the molecule is CS(=O)(=O)N1CCC(NS(=O)(=O)c2ccc3c(c2)OCCO3)CC1. The van der Waals surface area contributed by atoms with E-state index in [1.54, 1.807) is 6.07 Å². The summed E-state index contributed by atoms with van der Waals surface area (Å²) >= 11 is 0. The van der Waals surface area contributed by atoms with Gasteiger partial charge in [0.15, 0.2) is 11.5 Å². The molecule has 0 bridgehead atoms. The van der Waals surface area contributed by atoms with Gasteiger partial charge in [0, 0.05) is 25.2 Å². The molecule has 0 amide bonds. The van der Waals surface area contributed by atoms with Gasteiger partial charge in [-0.05, 0) is 25.0 Å². The van der Waals surface area contributed by atoms with Crippen molar-refractivity contribution in [1.82, 2.24) is 9.03 Å². The summed E-state index contributed by atoms with van der Waals surface area (Å²) in [5, 5.41) is 0. The van der Waals surface area contributed by atoms with Crippen LogP contribution in [0.15, 0.2) is 23.1 Å². The van der Waals surface area contributed by atoms with Crippen LogP contribution in [0.1, 0.15) is 12.8 Å². The Bertz CT molecular complexity index is 814. The lowest BCUT2D eigenvalue weighted by Gasteiger charge is -2.30. The van der Waals surface area contributed by atoms with Gasteiger partial charge in [0.2, 0.25) is 20.0 Å². The van der Waals surface area contributed by atoms with Gasteiger partial charge in [-0.25, -0.2) is 25.9 Å². The Labute approximate surface area is 141 Å². The number of piperidine rings is 1. The predicted octanol–water partition coefficient (Wildman–Crippen LogP) is 0.160. The van der Waals surface area contributed by atoms with Crippen LogP contribution < -0.4 is 14.2 Å². The molecule has 0 atom stereocenters. The highest BCUT2D eigenvalue weighted by molar-refractivity contribution is 7.89. The van der Waals surface area contributed by atoms with E-state index in [1.165, 1.54) is 16.4 Å². The van der Waals surface area contributed by atoms with Crippen molar-refractivity contribution in [2.45, 2.75) is 23.8 Å². The molecule has 0 spiro atoms. The summed E-state index contributed by atoms with van der Waals surface area (Å²) in [5.41, 5.74) is 0. The molecule has 0 aliphatic carbocycles. The summed E-state index contributed by atoms with van der Waals surface area (Å²) in [4.78, 5) is 0.109. The van der Waals surface area contributed by atoms with Crippen LogP contribution >= 0.6 is 0 Å². The standard InChI is InChI=1S/C14H20N2O6S2/c1-23(17,18)16-6-4-11(5-7-16)15-24(19,20)12-2-3-13-14(10-12)22-9-8-21-13/h2-3,10-11,15H,4-9H2,1H3.